The van der Waals surface area contributed by atoms with E-state index in [0.29, 0.717) is 11.1 Å². The second kappa shape index (κ2) is 7.96. The average Bonchev–Trinajstić information content (AvgIpc) is 2.92. The highest BCUT2D eigenvalue weighted by atomic mass is 35.5. The topological polar surface area (TPSA) is 15.3 Å². The van der Waals surface area contributed by atoms with Crippen molar-refractivity contribution in [3.63, 3.8) is 0 Å². The van der Waals surface area contributed by atoms with Crippen molar-refractivity contribution in [1.29, 1.82) is 0 Å². The van der Waals surface area contributed by atoms with Crippen LogP contribution in [-0.4, -0.2) is 30.6 Å². The number of unbranched alkanes of at least 4 members (excludes halogenated alkanes) is 1. The fourth-order valence-corrected chi connectivity index (χ4v) is 2.96. The standard InChI is InChI=1S/C16H24ClFN2/c1-2-3-9-20(12-15-5-4-8-19-15)11-13-6-7-14(18)10-16(13)17/h6-7,10,15,19H,2-5,8-9,11-12H2,1H3. The molecule has 0 aliphatic carbocycles. The van der Waals surface area contributed by atoms with Gasteiger partial charge >= 0.3 is 0 Å². The first-order valence-electron chi connectivity index (χ1n) is 7.58. The summed E-state index contributed by atoms with van der Waals surface area (Å²) in [7, 11) is 0. The Kier molecular flexibility index (Phi) is 6.27. The molecule has 0 radical (unpaired) electrons. The van der Waals surface area contributed by atoms with Crippen LogP contribution in [0.1, 0.15) is 38.2 Å². The molecule has 1 aliphatic rings. The van der Waals surface area contributed by atoms with Gasteiger partial charge in [-0.2, -0.15) is 0 Å². The molecule has 1 unspecified atom stereocenters. The summed E-state index contributed by atoms with van der Waals surface area (Å²) in [5, 5.41) is 4.07. The number of nitrogens with one attached hydrogen (secondary N) is 1. The lowest BCUT2D eigenvalue weighted by Crippen LogP contribution is -2.37. The first-order valence-corrected chi connectivity index (χ1v) is 7.96. The predicted octanol–water partition coefficient (Wildman–Crippen LogP) is 3.83. The van der Waals surface area contributed by atoms with Crippen molar-refractivity contribution in [3.8, 4) is 0 Å². The molecule has 1 atom stereocenters. The zero-order chi connectivity index (χ0) is 14.4. The SMILES string of the molecule is CCCCN(Cc1ccc(F)cc1Cl)CC1CCCN1. The fourth-order valence-electron chi connectivity index (χ4n) is 2.73. The molecule has 0 amide bonds. The van der Waals surface area contributed by atoms with E-state index in [0.717, 1.165) is 31.7 Å². The highest BCUT2D eigenvalue weighted by Crippen LogP contribution is 2.20. The van der Waals surface area contributed by atoms with Gasteiger partial charge in [0.15, 0.2) is 0 Å². The van der Waals surface area contributed by atoms with Crippen molar-refractivity contribution >= 4 is 11.6 Å². The van der Waals surface area contributed by atoms with Crippen LogP contribution in [0.5, 0.6) is 0 Å². The quantitative estimate of drug-likeness (QED) is 0.823. The third-order valence-corrected chi connectivity index (χ3v) is 4.23. The number of hydrogen-bond donors (Lipinski definition) is 1. The normalized spacial score (nSPS) is 18.9. The lowest BCUT2D eigenvalue weighted by molar-refractivity contribution is 0.237. The van der Waals surface area contributed by atoms with E-state index in [1.54, 1.807) is 6.07 Å². The highest BCUT2D eigenvalue weighted by Gasteiger charge is 2.18. The van der Waals surface area contributed by atoms with E-state index in [4.69, 9.17) is 11.6 Å². The number of nitrogens with zero attached hydrogens (tertiary/aromatic N) is 1. The van der Waals surface area contributed by atoms with Gasteiger partial charge in [0.05, 0.1) is 0 Å². The van der Waals surface area contributed by atoms with Gasteiger partial charge in [0, 0.05) is 24.2 Å². The Morgan fingerprint density at radius 2 is 2.30 bits per heavy atom. The Balaban J connectivity index is 1.97. The summed E-state index contributed by atoms with van der Waals surface area (Å²) in [6.07, 6.45) is 4.89. The molecular formula is C16H24ClFN2. The number of rotatable bonds is 7. The molecule has 1 heterocycles. The summed E-state index contributed by atoms with van der Waals surface area (Å²) < 4.78 is 13.1. The molecule has 1 aliphatic heterocycles. The van der Waals surface area contributed by atoms with Crippen LogP contribution in [0.4, 0.5) is 4.39 Å². The summed E-state index contributed by atoms with van der Waals surface area (Å²) in [4.78, 5) is 2.44. The summed E-state index contributed by atoms with van der Waals surface area (Å²) in [5.74, 6) is -0.267. The molecule has 4 heteroatoms. The molecule has 112 valence electrons. The molecule has 0 aromatic heterocycles. The van der Waals surface area contributed by atoms with E-state index in [-0.39, 0.29) is 5.82 Å². The van der Waals surface area contributed by atoms with Gasteiger partial charge in [-0.15, -0.1) is 0 Å². The zero-order valence-corrected chi connectivity index (χ0v) is 12.9. The molecule has 2 rings (SSSR count). The Morgan fingerprint density at radius 3 is 2.95 bits per heavy atom. The minimum Gasteiger partial charge on any atom is -0.313 e. The molecule has 1 aromatic carbocycles. The fraction of sp³-hybridized carbons (Fsp3) is 0.625. The van der Waals surface area contributed by atoms with Gasteiger partial charge in [0.1, 0.15) is 5.82 Å². The first-order chi connectivity index (χ1) is 9.69. The van der Waals surface area contributed by atoms with Crippen molar-refractivity contribution in [1.82, 2.24) is 10.2 Å². The van der Waals surface area contributed by atoms with Crippen LogP contribution in [0.2, 0.25) is 5.02 Å². The van der Waals surface area contributed by atoms with E-state index in [9.17, 15) is 4.39 Å². The Morgan fingerprint density at radius 1 is 1.45 bits per heavy atom. The van der Waals surface area contributed by atoms with Crippen molar-refractivity contribution in [2.45, 2.75) is 45.2 Å². The first kappa shape index (κ1) is 15.7. The minimum absolute atomic E-state index is 0.267. The van der Waals surface area contributed by atoms with E-state index in [2.05, 4.69) is 17.1 Å². The molecular weight excluding hydrogens is 275 g/mol. The summed E-state index contributed by atoms with van der Waals surface area (Å²) >= 11 is 6.14. The van der Waals surface area contributed by atoms with Gasteiger partial charge in [-0.25, -0.2) is 4.39 Å². The number of halogens is 2. The van der Waals surface area contributed by atoms with E-state index in [1.165, 1.54) is 37.8 Å². The Hall–Kier alpha value is -0.640. The average molecular weight is 299 g/mol. The van der Waals surface area contributed by atoms with Crippen LogP contribution >= 0.6 is 11.6 Å². The van der Waals surface area contributed by atoms with Crippen LogP contribution in [0.15, 0.2) is 18.2 Å². The molecule has 1 saturated heterocycles. The van der Waals surface area contributed by atoms with Crippen LogP contribution in [0.25, 0.3) is 0 Å². The van der Waals surface area contributed by atoms with Gasteiger partial charge in [-0.1, -0.05) is 31.0 Å². The van der Waals surface area contributed by atoms with Crippen LogP contribution in [0.3, 0.4) is 0 Å². The molecule has 1 fully saturated rings. The van der Waals surface area contributed by atoms with Crippen molar-refractivity contribution in [2.75, 3.05) is 19.6 Å². The molecule has 0 spiro atoms. The van der Waals surface area contributed by atoms with Gasteiger partial charge < -0.3 is 5.32 Å². The monoisotopic (exact) mass is 298 g/mol. The second-order valence-corrected chi connectivity index (χ2v) is 6.02. The molecule has 1 N–H and O–H groups in total. The summed E-state index contributed by atoms with van der Waals surface area (Å²) in [6.45, 7) is 6.26. The molecule has 2 nitrogen and oxygen atoms in total. The van der Waals surface area contributed by atoms with Crippen molar-refractivity contribution < 1.29 is 4.39 Å². The number of benzene rings is 1. The Labute approximate surface area is 126 Å². The van der Waals surface area contributed by atoms with Crippen molar-refractivity contribution in [3.05, 3.63) is 34.6 Å². The van der Waals surface area contributed by atoms with Gasteiger partial charge in [0.2, 0.25) is 0 Å². The lowest BCUT2D eigenvalue weighted by Gasteiger charge is -2.26. The largest absolute Gasteiger partial charge is 0.313 e. The van der Waals surface area contributed by atoms with Crippen LogP contribution in [-0.2, 0) is 6.54 Å². The van der Waals surface area contributed by atoms with E-state index >= 15 is 0 Å². The van der Waals surface area contributed by atoms with Crippen LogP contribution < -0.4 is 5.32 Å². The maximum Gasteiger partial charge on any atom is 0.124 e. The second-order valence-electron chi connectivity index (χ2n) is 5.62. The third-order valence-electron chi connectivity index (χ3n) is 3.88. The molecule has 0 saturated carbocycles. The Bertz CT molecular complexity index is 419. The third kappa shape index (κ3) is 4.72. The summed E-state index contributed by atoms with van der Waals surface area (Å²) in [5.41, 5.74) is 1.02. The maximum absolute atomic E-state index is 13.1. The molecule has 20 heavy (non-hydrogen) atoms. The number of hydrogen-bond acceptors (Lipinski definition) is 2. The summed E-state index contributed by atoms with van der Waals surface area (Å²) in [6, 6.07) is 5.29. The minimum atomic E-state index is -0.267. The van der Waals surface area contributed by atoms with Gasteiger partial charge in [-0.3, -0.25) is 4.90 Å². The smallest absolute Gasteiger partial charge is 0.124 e. The van der Waals surface area contributed by atoms with Gasteiger partial charge in [0.25, 0.3) is 0 Å². The van der Waals surface area contributed by atoms with Gasteiger partial charge in [-0.05, 0) is 50.0 Å². The lowest BCUT2D eigenvalue weighted by atomic mass is 10.1. The molecule has 1 aromatic rings. The van der Waals surface area contributed by atoms with E-state index in [1.807, 2.05) is 0 Å². The van der Waals surface area contributed by atoms with Crippen molar-refractivity contribution in [2.24, 2.45) is 0 Å². The molecule has 0 bridgehead atoms. The zero-order valence-electron chi connectivity index (χ0n) is 12.2. The maximum atomic E-state index is 13.1. The van der Waals surface area contributed by atoms with E-state index < -0.39 is 0 Å². The highest BCUT2D eigenvalue weighted by molar-refractivity contribution is 6.31. The van der Waals surface area contributed by atoms with Crippen LogP contribution in [0, 0.1) is 5.82 Å². The predicted molar refractivity (Wildman–Crippen MR) is 82.6 cm³/mol.